The number of aliphatic imine (C=N–C) groups is 1. The Labute approximate surface area is 125 Å². The maximum absolute atomic E-state index is 4.29. The van der Waals surface area contributed by atoms with Crippen molar-refractivity contribution in [1.29, 1.82) is 0 Å². The summed E-state index contributed by atoms with van der Waals surface area (Å²) in [7, 11) is 1.85. The van der Waals surface area contributed by atoms with Crippen LogP contribution in [0.1, 0.15) is 47.0 Å². The Morgan fingerprint density at radius 3 is 2.65 bits per heavy atom. The van der Waals surface area contributed by atoms with E-state index in [9.17, 15) is 0 Å². The van der Waals surface area contributed by atoms with Crippen LogP contribution < -0.4 is 10.6 Å². The van der Waals surface area contributed by atoms with Crippen molar-refractivity contribution >= 4 is 5.96 Å². The van der Waals surface area contributed by atoms with E-state index in [1.165, 1.54) is 32.4 Å². The van der Waals surface area contributed by atoms with Gasteiger partial charge < -0.3 is 10.6 Å². The smallest absolute Gasteiger partial charge is 0.191 e. The van der Waals surface area contributed by atoms with Gasteiger partial charge in [0, 0.05) is 32.7 Å². The van der Waals surface area contributed by atoms with E-state index in [2.05, 4.69) is 48.2 Å². The number of nitrogens with zero attached hydrogens (tertiary/aromatic N) is 2. The molecule has 2 atom stereocenters. The Hall–Kier alpha value is -0.770. The highest BCUT2D eigenvalue weighted by Gasteiger charge is 2.20. The number of hydrogen-bond donors (Lipinski definition) is 2. The monoisotopic (exact) mass is 282 g/mol. The Kier molecular flexibility index (Phi) is 7.97. The molecule has 1 fully saturated rings. The summed E-state index contributed by atoms with van der Waals surface area (Å²) in [6, 6.07) is 0.571. The third kappa shape index (κ3) is 6.60. The number of rotatable bonds is 6. The minimum Gasteiger partial charge on any atom is -0.356 e. The first-order valence-electron chi connectivity index (χ1n) is 8.21. The minimum absolute atomic E-state index is 0.571. The van der Waals surface area contributed by atoms with Crippen LogP contribution in [0.4, 0.5) is 0 Å². The van der Waals surface area contributed by atoms with E-state index >= 15 is 0 Å². The Morgan fingerprint density at radius 1 is 1.30 bits per heavy atom. The van der Waals surface area contributed by atoms with E-state index in [1.807, 2.05) is 7.05 Å². The molecule has 0 amide bonds. The summed E-state index contributed by atoms with van der Waals surface area (Å²) >= 11 is 0. The molecule has 20 heavy (non-hydrogen) atoms. The molecule has 0 spiro atoms. The maximum Gasteiger partial charge on any atom is 0.191 e. The molecule has 2 N–H and O–H groups in total. The summed E-state index contributed by atoms with van der Waals surface area (Å²) in [6.07, 6.45) is 3.90. The van der Waals surface area contributed by atoms with Gasteiger partial charge in [0.05, 0.1) is 0 Å². The molecule has 1 saturated heterocycles. The van der Waals surface area contributed by atoms with Gasteiger partial charge in [-0.3, -0.25) is 9.89 Å². The van der Waals surface area contributed by atoms with Gasteiger partial charge in [-0.25, -0.2) is 0 Å². The molecule has 0 aliphatic carbocycles. The Morgan fingerprint density at radius 2 is 2.05 bits per heavy atom. The third-order valence-corrected chi connectivity index (χ3v) is 4.11. The molecule has 0 aromatic rings. The summed E-state index contributed by atoms with van der Waals surface area (Å²) in [4.78, 5) is 6.89. The first-order valence-corrected chi connectivity index (χ1v) is 8.21. The second-order valence-corrected chi connectivity index (χ2v) is 6.65. The number of nitrogens with one attached hydrogen (secondary N) is 2. The number of likely N-dealkylation sites (tertiary alicyclic amines) is 1. The summed E-state index contributed by atoms with van der Waals surface area (Å²) < 4.78 is 0. The predicted octanol–water partition coefficient (Wildman–Crippen LogP) is 2.32. The van der Waals surface area contributed by atoms with E-state index < -0.39 is 0 Å². The summed E-state index contributed by atoms with van der Waals surface area (Å²) in [6.45, 7) is 13.6. The van der Waals surface area contributed by atoms with Crippen LogP contribution in [0, 0.1) is 11.8 Å². The molecule has 1 aliphatic rings. The molecule has 4 heteroatoms. The topological polar surface area (TPSA) is 39.7 Å². The second kappa shape index (κ2) is 9.22. The zero-order valence-corrected chi connectivity index (χ0v) is 14.1. The number of piperidine rings is 1. The van der Waals surface area contributed by atoms with Crippen molar-refractivity contribution in [2.24, 2.45) is 16.8 Å². The number of guanidine groups is 1. The van der Waals surface area contributed by atoms with Gasteiger partial charge in [0.25, 0.3) is 0 Å². The van der Waals surface area contributed by atoms with Crippen molar-refractivity contribution in [3.63, 3.8) is 0 Å². The highest BCUT2D eigenvalue weighted by atomic mass is 15.2. The van der Waals surface area contributed by atoms with Crippen LogP contribution in [-0.2, 0) is 0 Å². The van der Waals surface area contributed by atoms with Crippen molar-refractivity contribution in [2.45, 2.75) is 53.0 Å². The van der Waals surface area contributed by atoms with E-state index in [4.69, 9.17) is 0 Å². The van der Waals surface area contributed by atoms with Crippen LogP contribution in [0.2, 0.25) is 0 Å². The summed E-state index contributed by atoms with van der Waals surface area (Å²) in [5, 5.41) is 6.84. The normalized spacial score (nSPS) is 22.9. The molecule has 118 valence electrons. The molecule has 1 aliphatic heterocycles. The largest absolute Gasteiger partial charge is 0.356 e. The lowest BCUT2D eigenvalue weighted by atomic mass is 9.99. The standard InChI is InChI=1S/C16H34N4/c1-13(2)8-9-18-16(17-5)19-11-15(4)20-10-6-7-14(3)12-20/h13-15H,6-12H2,1-5H3,(H2,17,18,19). The van der Waals surface area contributed by atoms with Crippen molar-refractivity contribution in [3.8, 4) is 0 Å². The van der Waals surface area contributed by atoms with Crippen molar-refractivity contribution < 1.29 is 0 Å². The van der Waals surface area contributed by atoms with E-state index in [0.29, 0.717) is 6.04 Å². The van der Waals surface area contributed by atoms with Gasteiger partial charge in [0.1, 0.15) is 0 Å². The molecular formula is C16H34N4. The second-order valence-electron chi connectivity index (χ2n) is 6.65. The molecule has 4 nitrogen and oxygen atoms in total. The fourth-order valence-corrected chi connectivity index (χ4v) is 2.70. The fourth-order valence-electron chi connectivity index (χ4n) is 2.70. The van der Waals surface area contributed by atoms with E-state index in [0.717, 1.165) is 30.9 Å². The first-order chi connectivity index (χ1) is 9.52. The Balaban J connectivity index is 2.25. The molecule has 1 heterocycles. The Bertz CT molecular complexity index is 288. The fraction of sp³-hybridized carbons (Fsp3) is 0.938. The minimum atomic E-state index is 0.571. The van der Waals surface area contributed by atoms with Crippen LogP contribution in [0.15, 0.2) is 4.99 Å². The molecule has 0 saturated carbocycles. The van der Waals surface area contributed by atoms with Gasteiger partial charge in [-0.05, 0) is 44.6 Å². The molecule has 2 unspecified atom stereocenters. The van der Waals surface area contributed by atoms with E-state index in [1.54, 1.807) is 0 Å². The average molecular weight is 282 g/mol. The lowest BCUT2D eigenvalue weighted by Gasteiger charge is -2.35. The zero-order chi connectivity index (χ0) is 15.0. The molecule has 0 aromatic carbocycles. The SMILES string of the molecule is CN=C(NCCC(C)C)NCC(C)N1CCCC(C)C1. The lowest BCUT2D eigenvalue weighted by Crippen LogP contribution is -2.48. The average Bonchev–Trinajstić information content (AvgIpc) is 2.41. The van der Waals surface area contributed by atoms with Crippen molar-refractivity contribution in [2.75, 3.05) is 33.2 Å². The van der Waals surface area contributed by atoms with Gasteiger partial charge in [0.2, 0.25) is 0 Å². The van der Waals surface area contributed by atoms with Gasteiger partial charge in [-0.15, -0.1) is 0 Å². The summed E-state index contributed by atoms with van der Waals surface area (Å²) in [5.41, 5.74) is 0. The third-order valence-electron chi connectivity index (χ3n) is 4.11. The lowest BCUT2D eigenvalue weighted by molar-refractivity contribution is 0.139. The van der Waals surface area contributed by atoms with Crippen LogP contribution in [-0.4, -0.2) is 50.1 Å². The van der Waals surface area contributed by atoms with Crippen molar-refractivity contribution in [1.82, 2.24) is 15.5 Å². The van der Waals surface area contributed by atoms with Gasteiger partial charge in [-0.2, -0.15) is 0 Å². The van der Waals surface area contributed by atoms with Crippen LogP contribution in [0.3, 0.4) is 0 Å². The maximum atomic E-state index is 4.29. The molecule has 0 bridgehead atoms. The highest BCUT2D eigenvalue weighted by molar-refractivity contribution is 5.79. The molecular weight excluding hydrogens is 248 g/mol. The first kappa shape index (κ1) is 17.3. The van der Waals surface area contributed by atoms with Crippen LogP contribution >= 0.6 is 0 Å². The van der Waals surface area contributed by atoms with E-state index in [-0.39, 0.29) is 0 Å². The highest BCUT2D eigenvalue weighted by Crippen LogP contribution is 2.17. The van der Waals surface area contributed by atoms with Crippen LogP contribution in [0.25, 0.3) is 0 Å². The summed E-state index contributed by atoms with van der Waals surface area (Å²) in [5.74, 6) is 2.51. The predicted molar refractivity (Wildman–Crippen MR) is 88.3 cm³/mol. The van der Waals surface area contributed by atoms with Crippen molar-refractivity contribution in [3.05, 3.63) is 0 Å². The molecule has 0 radical (unpaired) electrons. The van der Waals surface area contributed by atoms with Gasteiger partial charge in [-0.1, -0.05) is 20.8 Å². The van der Waals surface area contributed by atoms with Gasteiger partial charge >= 0.3 is 0 Å². The van der Waals surface area contributed by atoms with Gasteiger partial charge in [0.15, 0.2) is 5.96 Å². The van der Waals surface area contributed by atoms with Crippen LogP contribution in [0.5, 0.6) is 0 Å². The molecule has 0 aromatic heterocycles. The molecule has 1 rings (SSSR count). The number of hydrogen-bond acceptors (Lipinski definition) is 2. The quantitative estimate of drug-likeness (QED) is 0.580. The zero-order valence-electron chi connectivity index (χ0n) is 14.1.